The topological polar surface area (TPSA) is 33.1 Å². The van der Waals surface area contributed by atoms with E-state index in [0.29, 0.717) is 4.43 Å². The highest BCUT2D eigenvalue weighted by molar-refractivity contribution is 14.1. The number of alkyl halides is 1. The van der Waals surface area contributed by atoms with Crippen molar-refractivity contribution >= 4 is 22.6 Å². The lowest BCUT2D eigenvalue weighted by atomic mass is 10.2. The molecule has 1 N–H and O–H groups in total. The molecule has 1 atom stereocenters. The number of pyridine rings is 1. The second-order valence-corrected chi connectivity index (χ2v) is 2.84. The highest BCUT2D eigenvalue weighted by Crippen LogP contribution is 2.12. The Morgan fingerprint density at radius 3 is 3.00 bits per heavy atom. The van der Waals surface area contributed by atoms with E-state index in [1.165, 1.54) is 0 Å². The summed E-state index contributed by atoms with van der Waals surface area (Å²) < 4.78 is 0.712. The summed E-state index contributed by atoms with van der Waals surface area (Å²) in [7, 11) is 0. The van der Waals surface area contributed by atoms with E-state index in [0.717, 1.165) is 5.56 Å². The molecule has 0 fully saturated rings. The second kappa shape index (κ2) is 3.88. The van der Waals surface area contributed by atoms with Crippen molar-refractivity contribution < 1.29 is 5.11 Å². The number of nitrogens with zero attached hydrogens (tertiary/aromatic N) is 1. The monoisotopic (exact) mass is 249 g/mol. The minimum atomic E-state index is -0.366. The Bertz CT molecular complexity index is 190. The Morgan fingerprint density at radius 1 is 1.70 bits per heavy atom. The van der Waals surface area contributed by atoms with Crippen LogP contribution < -0.4 is 0 Å². The summed E-state index contributed by atoms with van der Waals surface area (Å²) in [5, 5.41) is 9.28. The van der Waals surface area contributed by atoms with Gasteiger partial charge in [-0.05, 0) is 11.6 Å². The molecule has 1 rings (SSSR count). The SMILES string of the molecule is O[C@@H](CI)c1cccnc1. The zero-order chi connectivity index (χ0) is 7.40. The fourth-order valence-corrected chi connectivity index (χ4v) is 1.17. The van der Waals surface area contributed by atoms with Crippen LogP contribution in [0, 0.1) is 0 Å². The fraction of sp³-hybridized carbons (Fsp3) is 0.286. The Labute approximate surface area is 73.4 Å². The summed E-state index contributed by atoms with van der Waals surface area (Å²) >= 11 is 2.14. The van der Waals surface area contributed by atoms with Crippen LogP contribution in [0.25, 0.3) is 0 Å². The van der Waals surface area contributed by atoms with Crippen molar-refractivity contribution in [3.8, 4) is 0 Å². The van der Waals surface area contributed by atoms with Crippen LogP contribution in [-0.4, -0.2) is 14.5 Å². The maximum atomic E-state index is 9.28. The molecule has 10 heavy (non-hydrogen) atoms. The van der Waals surface area contributed by atoms with Crippen molar-refractivity contribution in [2.24, 2.45) is 0 Å². The molecule has 0 saturated carbocycles. The Morgan fingerprint density at radius 2 is 2.50 bits per heavy atom. The summed E-state index contributed by atoms with van der Waals surface area (Å²) in [5.41, 5.74) is 0.886. The van der Waals surface area contributed by atoms with E-state index in [2.05, 4.69) is 27.6 Å². The maximum absolute atomic E-state index is 9.28. The second-order valence-electron chi connectivity index (χ2n) is 1.96. The zero-order valence-electron chi connectivity index (χ0n) is 5.37. The highest BCUT2D eigenvalue weighted by Gasteiger charge is 2.02. The van der Waals surface area contributed by atoms with Crippen molar-refractivity contribution in [1.82, 2.24) is 4.98 Å². The van der Waals surface area contributed by atoms with Crippen LogP contribution in [-0.2, 0) is 0 Å². The number of halogens is 1. The normalized spacial score (nSPS) is 13.0. The molecule has 0 aliphatic heterocycles. The van der Waals surface area contributed by atoms with Gasteiger partial charge in [-0.3, -0.25) is 4.98 Å². The summed E-state index contributed by atoms with van der Waals surface area (Å²) in [4.78, 5) is 3.89. The molecule has 1 aromatic heterocycles. The average Bonchev–Trinajstić information content (AvgIpc) is 2.05. The summed E-state index contributed by atoms with van der Waals surface area (Å²) in [6.07, 6.45) is 3.02. The summed E-state index contributed by atoms with van der Waals surface area (Å²) in [6, 6.07) is 3.70. The van der Waals surface area contributed by atoms with Gasteiger partial charge in [-0.2, -0.15) is 0 Å². The summed E-state index contributed by atoms with van der Waals surface area (Å²) in [6.45, 7) is 0. The number of aliphatic hydroxyl groups excluding tert-OH is 1. The van der Waals surface area contributed by atoms with E-state index >= 15 is 0 Å². The molecule has 0 radical (unpaired) electrons. The quantitative estimate of drug-likeness (QED) is 0.637. The van der Waals surface area contributed by atoms with Gasteiger partial charge < -0.3 is 5.11 Å². The number of hydrogen-bond donors (Lipinski definition) is 1. The van der Waals surface area contributed by atoms with Crippen LogP contribution in [0.15, 0.2) is 24.5 Å². The van der Waals surface area contributed by atoms with E-state index in [4.69, 9.17) is 0 Å². The molecule has 2 nitrogen and oxygen atoms in total. The molecule has 0 aromatic carbocycles. The summed E-state index contributed by atoms with van der Waals surface area (Å²) in [5.74, 6) is 0. The van der Waals surface area contributed by atoms with Crippen LogP contribution >= 0.6 is 22.6 Å². The van der Waals surface area contributed by atoms with Crippen LogP contribution in [0.3, 0.4) is 0 Å². The number of hydrogen-bond acceptors (Lipinski definition) is 2. The third-order valence-corrected chi connectivity index (χ3v) is 2.05. The van der Waals surface area contributed by atoms with Gasteiger partial charge in [0.15, 0.2) is 0 Å². The average molecular weight is 249 g/mol. The molecule has 0 saturated heterocycles. The molecule has 0 unspecified atom stereocenters. The molecule has 1 aromatic rings. The minimum Gasteiger partial charge on any atom is -0.388 e. The first-order valence-corrected chi connectivity index (χ1v) is 4.51. The standard InChI is InChI=1S/C7H8INO/c8-4-7(10)6-2-1-3-9-5-6/h1-3,5,7,10H,4H2/t7-/m0/s1. The van der Waals surface area contributed by atoms with Gasteiger partial charge in [-0.1, -0.05) is 28.7 Å². The van der Waals surface area contributed by atoms with Crippen LogP contribution in [0.1, 0.15) is 11.7 Å². The van der Waals surface area contributed by atoms with Gasteiger partial charge in [0.05, 0.1) is 6.10 Å². The number of aromatic nitrogens is 1. The Balaban J connectivity index is 2.75. The van der Waals surface area contributed by atoms with E-state index in [-0.39, 0.29) is 6.10 Å². The lowest BCUT2D eigenvalue weighted by molar-refractivity contribution is 0.207. The lowest BCUT2D eigenvalue weighted by Gasteiger charge is -2.04. The van der Waals surface area contributed by atoms with Gasteiger partial charge in [-0.25, -0.2) is 0 Å². The van der Waals surface area contributed by atoms with Crippen LogP contribution in [0.5, 0.6) is 0 Å². The van der Waals surface area contributed by atoms with E-state index in [1.54, 1.807) is 12.4 Å². The number of aliphatic hydroxyl groups is 1. The van der Waals surface area contributed by atoms with Crippen LogP contribution in [0.2, 0.25) is 0 Å². The first kappa shape index (κ1) is 7.94. The van der Waals surface area contributed by atoms with E-state index < -0.39 is 0 Å². The highest BCUT2D eigenvalue weighted by atomic mass is 127. The van der Waals surface area contributed by atoms with Gasteiger partial charge in [-0.15, -0.1) is 0 Å². The molecular weight excluding hydrogens is 241 g/mol. The fourth-order valence-electron chi connectivity index (χ4n) is 0.662. The Kier molecular flexibility index (Phi) is 3.08. The van der Waals surface area contributed by atoms with Gasteiger partial charge in [0.25, 0.3) is 0 Å². The van der Waals surface area contributed by atoms with Crippen molar-refractivity contribution in [1.29, 1.82) is 0 Å². The van der Waals surface area contributed by atoms with Gasteiger partial charge >= 0.3 is 0 Å². The molecule has 0 bridgehead atoms. The first-order chi connectivity index (χ1) is 4.84. The van der Waals surface area contributed by atoms with Gasteiger partial charge in [0, 0.05) is 16.8 Å². The van der Waals surface area contributed by atoms with Crippen LogP contribution in [0.4, 0.5) is 0 Å². The largest absolute Gasteiger partial charge is 0.388 e. The third-order valence-electron chi connectivity index (χ3n) is 1.22. The zero-order valence-corrected chi connectivity index (χ0v) is 7.52. The maximum Gasteiger partial charge on any atom is 0.0894 e. The Hall–Kier alpha value is -0.160. The van der Waals surface area contributed by atoms with Crippen molar-refractivity contribution in [2.75, 3.05) is 4.43 Å². The molecular formula is C7H8INO. The van der Waals surface area contributed by atoms with E-state index in [1.807, 2.05) is 12.1 Å². The van der Waals surface area contributed by atoms with Gasteiger partial charge in [0.2, 0.25) is 0 Å². The van der Waals surface area contributed by atoms with Crippen molar-refractivity contribution in [3.63, 3.8) is 0 Å². The first-order valence-electron chi connectivity index (χ1n) is 2.98. The smallest absolute Gasteiger partial charge is 0.0894 e. The molecule has 0 amide bonds. The molecule has 1 heterocycles. The third kappa shape index (κ3) is 1.91. The predicted octanol–water partition coefficient (Wildman–Crippen LogP) is 1.55. The van der Waals surface area contributed by atoms with E-state index in [9.17, 15) is 5.11 Å². The molecule has 3 heteroatoms. The van der Waals surface area contributed by atoms with Crippen molar-refractivity contribution in [2.45, 2.75) is 6.10 Å². The lowest BCUT2D eigenvalue weighted by Crippen LogP contribution is -1.97. The molecule has 0 spiro atoms. The predicted molar refractivity (Wildman–Crippen MR) is 48.1 cm³/mol. The number of rotatable bonds is 2. The molecule has 0 aliphatic carbocycles. The minimum absolute atomic E-state index is 0.366. The van der Waals surface area contributed by atoms with Gasteiger partial charge in [0.1, 0.15) is 0 Å². The van der Waals surface area contributed by atoms with Crippen molar-refractivity contribution in [3.05, 3.63) is 30.1 Å². The molecule has 54 valence electrons. The molecule has 0 aliphatic rings.